The zero-order valence-electron chi connectivity index (χ0n) is 6.39. The van der Waals surface area contributed by atoms with E-state index in [9.17, 15) is 0 Å². The van der Waals surface area contributed by atoms with E-state index in [0.29, 0.717) is 0 Å². The summed E-state index contributed by atoms with van der Waals surface area (Å²) in [5.41, 5.74) is 1.44. The van der Waals surface area contributed by atoms with E-state index in [0.717, 1.165) is 18.1 Å². The van der Waals surface area contributed by atoms with Crippen molar-refractivity contribution in [3.63, 3.8) is 0 Å². The molecule has 0 amide bonds. The van der Waals surface area contributed by atoms with Crippen molar-refractivity contribution in [2.24, 2.45) is 0 Å². The lowest BCUT2D eigenvalue weighted by Gasteiger charge is -2.22. The summed E-state index contributed by atoms with van der Waals surface area (Å²) in [6, 6.07) is 0. The lowest BCUT2D eigenvalue weighted by molar-refractivity contribution is 0.470. The van der Waals surface area contributed by atoms with Crippen molar-refractivity contribution in [3.8, 4) is 0 Å². The summed E-state index contributed by atoms with van der Waals surface area (Å²) in [7, 11) is 2.00. The van der Waals surface area contributed by atoms with Crippen LogP contribution in [-0.2, 0) is 0 Å². The number of nitrogens with zero attached hydrogens (tertiary/aromatic N) is 1. The van der Waals surface area contributed by atoms with Gasteiger partial charge in [-0.1, -0.05) is 30.2 Å². The Morgan fingerprint density at radius 2 is 2.30 bits per heavy atom. The summed E-state index contributed by atoms with van der Waals surface area (Å²) in [5.74, 6) is 0. The van der Waals surface area contributed by atoms with Crippen LogP contribution in [0.25, 0.3) is 0 Å². The average molecular weight is 158 g/mol. The molecule has 0 unspecified atom stereocenters. The Labute approximate surface area is 67.0 Å². The normalized spacial score (nSPS) is 18.5. The monoisotopic (exact) mass is 157 g/mol. The molecule has 0 radical (unpaired) electrons. The SMILES string of the molecule is CCC1=CC=C(Cl)N(C)C1. The Morgan fingerprint density at radius 3 is 2.80 bits per heavy atom. The van der Waals surface area contributed by atoms with Crippen molar-refractivity contribution in [2.45, 2.75) is 13.3 Å². The molecule has 0 aliphatic carbocycles. The van der Waals surface area contributed by atoms with Gasteiger partial charge >= 0.3 is 0 Å². The van der Waals surface area contributed by atoms with E-state index >= 15 is 0 Å². The first kappa shape index (κ1) is 7.67. The summed E-state index contributed by atoms with van der Waals surface area (Å²) in [6.45, 7) is 3.14. The van der Waals surface area contributed by atoms with Crippen molar-refractivity contribution >= 4 is 11.6 Å². The fourth-order valence-corrected chi connectivity index (χ4v) is 1.10. The maximum Gasteiger partial charge on any atom is 0.104 e. The molecule has 56 valence electrons. The van der Waals surface area contributed by atoms with Gasteiger partial charge in [0.2, 0.25) is 0 Å². The van der Waals surface area contributed by atoms with Crippen molar-refractivity contribution in [2.75, 3.05) is 13.6 Å². The van der Waals surface area contributed by atoms with Crippen LogP contribution >= 0.6 is 11.6 Å². The van der Waals surface area contributed by atoms with Crippen molar-refractivity contribution in [1.82, 2.24) is 4.90 Å². The molecule has 0 spiro atoms. The fourth-order valence-electron chi connectivity index (χ4n) is 0.976. The first-order valence-electron chi connectivity index (χ1n) is 3.50. The number of rotatable bonds is 1. The molecule has 0 fully saturated rings. The van der Waals surface area contributed by atoms with Gasteiger partial charge in [-0.05, 0) is 12.5 Å². The molecule has 1 nitrogen and oxygen atoms in total. The highest BCUT2D eigenvalue weighted by Crippen LogP contribution is 2.16. The topological polar surface area (TPSA) is 3.24 Å². The molecule has 0 aromatic heterocycles. The summed E-state index contributed by atoms with van der Waals surface area (Å²) in [5, 5.41) is 0.831. The van der Waals surface area contributed by atoms with E-state index < -0.39 is 0 Å². The molecular weight excluding hydrogens is 146 g/mol. The Bertz CT molecular complexity index is 182. The minimum Gasteiger partial charge on any atom is -0.361 e. The first-order valence-corrected chi connectivity index (χ1v) is 3.88. The molecule has 0 aromatic rings. The van der Waals surface area contributed by atoms with Gasteiger partial charge in [0, 0.05) is 13.6 Å². The molecule has 0 saturated heterocycles. The van der Waals surface area contributed by atoms with Gasteiger partial charge in [0.05, 0.1) is 0 Å². The van der Waals surface area contributed by atoms with Crippen LogP contribution < -0.4 is 0 Å². The van der Waals surface area contributed by atoms with Gasteiger partial charge in [-0.25, -0.2) is 0 Å². The number of hydrogen-bond donors (Lipinski definition) is 0. The summed E-state index contributed by atoms with van der Waals surface area (Å²) >= 11 is 5.83. The molecule has 1 rings (SSSR count). The molecule has 0 N–H and O–H groups in total. The minimum atomic E-state index is 0.831. The quantitative estimate of drug-likeness (QED) is 0.529. The number of hydrogen-bond acceptors (Lipinski definition) is 1. The molecule has 1 aliphatic rings. The van der Waals surface area contributed by atoms with Gasteiger partial charge in [0.25, 0.3) is 0 Å². The summed E-state index contributed by atoms with van der Waals surface area (Å²) < 4.78 is 0. The van der Waals surface area contributed by atoms with Crippen LogP contribution in [0.4, 0.5) is 0 Å². The predicted octanol–water partition coefficient (Wildman–Crippen LogP) is 2.35. The van der Waals surface area contributed by atoms with Crippen molar-refractivity contribution in [1.29, 1.82) is 0 Å². The van der Waals surface area contributed by atoms with Crippen LogP contribution in [0.5, 0.6) is 0 Å². The maximum atomic E-state index is 5.83. The van der Waals surface area contributed by atoms with Gasteiger partial charge in [0.1, 0.15) is 5.16 Å². The predicted molar refractivity (Wildman–Crippen MR) is 44.9 cm³/mol. The molecule has 0 saturated carbocycles. The van der Waals surface area contributed by atoms with Crippen LogP contribution in [0.1, 0.15) is 13.3 Å². The van der Waals surface area contributed by atoms with E-state index in [1.807, 2.05) is 18.0 Å². The van der Waals surface area contributed by atoms with Crippen LogP contribution in [0.3, 0.4) is 0 Å². The van der Waals surface area contributed by atoms with Crippen molar-refractivity contribution < 1.29 is 0 Å². The third kappa shape index (κ3) is 1.54. The van der Waals surface area contributed by atoms with E-state index in [1.54, 1.807) is 0 Å². The highest BCUT2D eigenvalue weighted by molar-refractivity contribution is 6.29. The summed E-state index contributed by atoms with van der Waals surface area (Å²) in [6.07, 6.45) is 5.16. The Morgan fingerprint density at radius 1 is 1.60 bits per heavy atom. The summed E-state index contributed by atoms with van der Waals surface area (Å²) in [4.78, 5) is 2.04. The highest BCUT2D eigenvalue weighted by Gasteiger charge is 2.06. The largest absolute Gasteiger partial charge is 0.361 e. The van der Waals surface area contributed by atoms with Gasteiger partial charge < -0.3 is 4.90 Å². The second-order valence-corrected chi connectivity index (χ2v) is 2.91. The van der Waals surface area contributed by atoms with Gasteiger partial charge in [-0.3, -0.25) is 0 Å². The van der Waals surface area contributed by atoms with E-state index in [1.165, 1.54) is 5.57 Å². The zero-order chi connectivity index (χ0) is 7.56. The molecule has 10 heavy (non-hydrogen) atoms. The minimum absolute atomic E-state index is 0.831. The third-order valence-electron chi connectivity index (χ3n) is 1.72. The molecule has 0 aromatic carbocycles. The van der Waals surface area contributed by atoms with Crippen LogP contribution in [0, 0.1) is 0 Å². The standard InChI is InChI=1S/C8H12ClN/c1-3-7-4-5-8(9)10(2)6-7/h4-5H,3,6H2,1-2H3. The molecule has 0 bridgehead atoms. The Balaban J connectivity index is 2.68. The Kier molecular flexibility index (Phi) is 2.39. The smallest absolute Gasteiger partial charge is 0.104 e. The number of likely N-dealkylation sites (N-methyl/N-ethyl adjacent to an activating group) is 1. The van der Waals surface area contributed by atoms with Crippen LogP contribution in [-0.4, -0.2) is 18.5 Å². The van der Waals surface area contributed by atoms with Crippen LogP contribution in [0.2, 0.25) is 0 Å². The van der Waals surface area contributed by atoms with E-state index in [-0.39, 0.29) is 0 Å². The maximum absolute atomic E-state index is 5.83. The highest BCUT2D eigenvalue weighted by atomic mass is 35.5. The lowest BCUT2D eigenvalue weighted by Crippen LogP contribution is -2.20. The number of allylic oxidation sites excluding steroid dienone is 2. The second kappa shape index (κ2) is 3.11. The van der Waals surface area contributed by atoms with E-state index in [2.05, 4.69) is 13.0 Å². The second-order valence-electron chi connectivity index (χ2n) is 2.52. The zero-order valence-corrected chi connectivity index (χ0v) is 7.15. The average Bonchev–Trinajstić information content (AvgIpc) is 1.95. The van der Waals surface area contributed by atoms with E-state index in [4.69, 9.17) is 11.6 Å². The molecular formula is C8H12ClN. The lowest BCUT2D eigenvalue weighted by atomic mass is 10.1. The molecule has 0 atom stereocenters. The van der Waals surface area contributed by atoms with Gasteiger partial charge in [0.15, 0.2) is 0 Å². The molecule has 1 heterocycles. The van der Waals surface area contributed by atoms with Gasteiger partial charge in [-0.2, -0.15) is 0 Å². The first-order chi connectivity index (χ1) is 4.74. The molecule has 2 heteroatoms. The van der Waals surface area contributed by atoms with Gasteiger partial charge in [-0.15, -0.1) is 0 Å². The number of halogens is 1. The molecule has 1 aliphatic heterocycles. The third-order valence-corrected chi connectivity index (χ3v) is 2.13. The van der Waals surface area contributed by atoms with Crippen LogP contribution in [0.15, 0.2) is 22.9 Å². The fraction of sp³-hybridized carbons (Fsp3) is 0.500. The Hall–Kier alpha value is -0.430. The van der Waals surface area contributed by atoms with Crippen molar-refractivity contribution in [3.05, 3.63) is 22.9 Å².